The van der Waals surface area contributed by atoms with E-state index in [1.807, 2.05) is 0 Å². The van der Waals surface area contributed by atoms with Crippen molar-refractivity contribution in [2.75, 3.05) is 0 Å². The number of nitro benzene ring substituents is 1. The van der Waals surface area contributed by atoms with Gasteiger partial charge in [-0.15, -0.1) is 15.0 Å². The predicted octanol–water partition coefficient (Wildman–Crippen LogP) is 1.35. The van der Waals surface area contributed by atoms with Crippen molar-refractivity contribution in [2.24, 2.45) is 0 Å². The molecule has 0 aliphatic rings. The first-order valence-electron chi connectivity index (χ1n) is 6.26. The molecule has 0 saturated carbocycles. The van der Waals surface area contributed by atoms with Crippen LogP contribution in [-0.4, -0.2) is 40.5 Å². The van der Waals surface area contributed by atoms with Gasteiger partial charge in [0.1, 0.15) is 5.75 Å². The molecule has 1 aromatic heterocycles. The van der Waals surface area contributed by atoms with Crippen LogP contribution in [0.25, 0.3) is 17.1 Å². The maximum Gasteiger partial charge on any atom is 0.315 e. The number of aromatic hydroxyl groups is 3. The molecular formula is C13H9N5O5. The molecule has 0 bridgehead atoms. The van der Waals surface area contributed by atoms with Gasteiger partial charge in [-0.25, -0.2) is 0 Å². The highest BCUT2D eigenvalue weighted by molar-refractivity contribution is 5.68. The molecule has 10 heteroatoms. The Bertz CT molecular complexity index is 890. The van der Waals surface area contributed by atoms with Crippen LogP contribution in [0, 0.1) is 10.1 Å². The number of aromatic nitrogens is 4. The largest absolute Gasteiger partial charge is 0.508 e. The van der Waals surface area contributed by atoms with Gasteiger partial charge in [-0.3, -0.25) is 10.1 Å². The first-order chi connectivity index (χ1) is 11.0. The summed E-state index contributed by atoms with van der Waals surface area (Å²) in [6, 6.07) is 8.12. The highest BCUT2D eigenvalue weighted by Crippen LogP contribution is 2.38. The second-order valence-electron chi connectivity index (χ2n) is 4.54. The number of hydrogen-bond donors (Lipinski definition) is 3. The number of phenolic OH excluding ortho intramolecular Hbond substituents is 3. The Morgan fingerprint density at radius 2 is 1.78 bits per heavy atom. The number of benzene rings is 2. The van der Waals surface area contributed by atoms with Gasteiger partial charge < -0.3 is 15.3 Å². The van der Waals surface area contributed by atoms with E-state index in [9.17, 15) is 25.4 Å². The Kier molecular flexibility index (Phi) is 3.26. The van der Waals surface area contributed by atoms with Crippen molar-refractivity contribution in [3.8, 4) is 34.3 Å². The van der Waals surface area contributed by atoms with Crippen molar-refractivity contribution in [1.29, 1.82) is 0 Å². The quantitative estimate of drug-likeness (QED) is 0.373. The highest BCUT2D eigenvalue weighted by Gasteiger charge is 2.21. The predicted molar refractivity (Wildman–Crippen MR) is 76.2 cm³/mol. The molecule has 3 aromatic rings. The maximum atomic E-state index is 10.9. The van der Waals surface area contributed by atoms with E-state index in [2.05, 4.69) is 15.4 Å². The molecule has 0 aliphatic heterocycles. The van der Waals surface area contributed by atoms with E-state index in [0.717, 1.165) is 16.9 Å². The third-order valence-corrected chi connectivity index (χ3v) is 3.02. The summed E-state index contributed by atoms with van der Waals surface area (Å²) >= 11 is 0. The minimum atomic E-state index is -0.830. The minimum absolute atomic E-state index is 0.0245. The lowest BCUT2D eigenvalue weighted by Crippen LogP contribution is -1.98. The molecule has 10 nitrogen and oxygen atoms in total. The number of nitro groups is 1. The molecule has 0 atom stereocenters. The summed E-state index contributed by atoms with van der Waals surface area (Å²) < 4.78 is 0. The van der Waals surface area contributed by atoms with Gasteiger partial charge in [0.25, 0.3) is 0 Å². The van der Waals surface area contributed by atoms with Crippen LogP contribution in [0.4, 0.5) is 5.69 Å². The molecule has 0 amide bonds. The molecule has 0 saturated heterocycles. The van der Waals surface area contributed by atoms with Gasteiger partial charge in [-0.2, -0.15) is 0 Å². The van der Waals surface area contributed by atoms with Crippen molar-refractivity contribution in [1.82, 2.24) is 20.2 Å². The first-order valence-corrected chi connectivity index (χ1v) is 6.26. The van der Waals surface area contributed by atoms with E-state index in [4.69, 9.17) is 0 Å². The van der Waals surface area contributed by atoms with Crippen LogP contribution >= 0.6 is 0 Å². The summed E-state index contributed by atoms with van der Waals surface area (Å²) in [6.07, 6.45) is 0. The molecule has 2 aromatic carbocycles. The van der Waals surface area contributed by atoms with Crippen LogP contribution in [0.5, 0.6) is 17.2 Å². The molecule has 0 fully saturated rings. The van der Waals surface area contributed by atoms with Crippen LogP contribution in [-0.2, 0) is 0 Å². The average molecular weight is 315 g/mol. The van der Waals surface area contributed by atoms with E-state index in [1.54, 1.807) is 12.1 Å². The third kappa shape index (κ3) is 2.60. The van der Waals surface area contributed by atoms with Gasteiger partial charge in [0.15, 0.2) is 5.75 Å². The normalized spacial score (nSPS) is 10.6. The van der Waals surface area contributed by atoms with Gasteiger partial charge in [-0.1, -0.05) is 0 Å². The SMILES string of the molecule is O=[N+]([O-])c1cc(-c2nnn(-c3ccc(O)cc3)n2)cc(O)c1O. The molecule has 3 N–H and O–H groups in total. The summed E-state index contributed by atoms with van der Waals surface area (Å²) in [4.78, 5) is 11.2. The summed E-state index contributed by atoms with van der Waals surface area (Å²) in [5, 5.41) is 50.8. The number of rotatable bonds is 3. The van der Waals surface area contributed by atoms with E-state index < -0.39 is 22.1 Å². The topological polar surface area (TPSA) is 147 Å². The fourth-order valence-electron chi connectivity index (χ4n) is 1.90. The van der Waals surface area contributed by atoms with Crippen molar-refractivity contribution in [2.45, 2.75) is 0 Å². The molecule has 1 heterocycles. The molecule has 0 spiro atoms. The summed E-state index contributed by atoms with van der Waals surface area (Å²) in [5.74, 6) is -1.38. The van der Waals surface area contributed by atoms with Crippen molar-refractivity contribution < 1.29 is 20.2 Å². The van der Waals surface area contributed by atoms with Gasteiger partial charge in [0.05, 0.1) is 10.6 Å². The van der Waals surface area contributed by atoms with Crippen LogP contribution < -0.4 is 0 Å². The standard InChI is InChI=1S/C13H9N5O5/c19-9-3-1-8(2-4-9)17-15-13(14-16-17)7-5-10(18(22)23)12(21)11(20)6-7/h1-6,19-21H. The number of nitrogens with zero attached hydrogens (tertiary/aromatic N) is 5. The monoisotopic (exact) mass is 315 g/mol. The van der Waals surface area contributed by atoms with E-state index in [0.29, 0.717) is 5.69 Å². The Morgan fingerprint density at radius 1 is 1.09 bits per heavy atom. The fraction of sp³-hybridized carbons (Fsp3) is 0. The lowest BCUT2D eigenvalue weighted by Gasteiger charge is -2.01. The summed E-state index contributed by atoms with van der Waals surface area (Å²) in [5.41, 5.74) is -0.0305. The van der Waals surface area contributed by atoms with Crippen LogP contribution in [0.2, 0.25) is 0 Å². The second kappa shape index (κ2) is 5.26. The lowest BCUT2D eigenvalue weighted by atomic mass is 10.1. The molecule has 0 unspecified atom stereocenters. The fourth-order valence-corrected chi connectivity index (χ4v) is 1.90. The summed E-state index contributed by atoms with van der Waals surface area (Å²) in [7, 11) is 0. The molecule has 23 heavy (non-hydrogen) atoms. The van der Waals surface area contributed by atoms with Crippen molar-refractivity contribution in [3.05, 3.63) is 46.5 Å². The Hall–Kier alpha value is -3.69. The highest BCUT2D eigenvalue weighted by atomic mass is 16.6. The maximum absolute atomic E-state index is 10.9. The van der Waals surface area contributed by atoms with E-state index in [1.165, 1.54) is 12.1 Å². The third-order valence-electron chi connectivity index (χ3n) is 3.02. The molecule has 116 valence electrons. The Labute approximate surface area is 128 Å². The van der Waals surface area contributed by atoms with Gasteiger partial charge in [-0.05, 0) is 35.5 Å². The number of hydrogen-bond acceptors (Lipinski definition) is 8. The van der Waals surface area contributed by atoms with Gasteiger partial charge in [0.2, 0.25) is 11.6 Å². The zero-order valence-corrected chi connectivity index (χ0v) is 11.4. The minimum Gasteiger partial charge on any atom is -0.508 e. The molecule has 3 rings (SSSR count). The summed E-state index contributed by atoms with van der Waals surface area (Å²) in [6.45, 7) is 0. The lowest BCUT2D eigenvalue weighted by molar-refractivity contribution is -0.385. The van der Waals surface area contributed by atoms with Crippen molar-refractivity contribution >= 4 is 5.69 Å². The first kappa shape index (κ1) is 14.3. The second-order valence-corrected chi connectivity index (χ2v) is 4.54. The zero-order chi connectivity index (χ0) is 16.6. The van der Waals surface area contributed by atoms with Crippen LogP contribution in [0.15, 0.2) is 36.4 Å². The van der Waals surface area contributed by atoms with E-state index >= 15 is 0 Å². The zero-order valence-electron chi connectivity index (χ0n) is 11.4. The van der Waals surface area contributed by atoms with Gasteiger partial charge >= 0.3 is 5.69 Å². The van der Waals surface area contributed by atoms with E-state index in [-0.39, 0.29) is 17.1 Å². The average Bonchev–Trinajstić information content (AvgIpc) is 3.00. The molecule has 0 radical (unpaired) electrons. The smallest absolute Gasteiger partial charge is 0.315 e. The number of tetrazole rings is 1. The Morgan fingerprint density at radius 3 is 2.43 bits per heavy atom. The van der Waals surface area contributed by atoms with Gasteiger partial charge in [0, 0.05) is 11.6 Å². The van der Waals surface area contributed by atoms with Crippen molar-refractivity contribution in [3.63, 3.8) is 0 Å². The Balaban J connectivity index is 2.03. The molecular weight excluding hydrogens is 306 g/mol. The van der Waals surface area contributed by atoms with Crippen LogP contribution in [0.3, 0.4) is 0 Å². The number of phenols is 3. The molecule has 0 aliphatic carbocycles. The van der Waals surface area contributed by atoms with Crippen LogP contribution in [0.1, 0.15) is 0 Å².